The van der Waals surface area contributed by atoms with Crippen LogP contribution in [0.5, 0.6) is 11.5 Å². The quantitative estimate of drug-likeness (QED) is 0.668. The Morgan fingerprint density at radius 2 is 1.93 bits per heavy atom. The van der Waals surface area contributed by atoms with Gasteiger partial charge in [0.25, 0.3) is 5.91 Å². The summed E-state index contributed by atoms with van der Waals surface area (Å²) in [5.41, 5.74) is 3.17. The summed E-state index contributed by atoms with van der Waals surface area (Å²) < 4.78 is 19.3. The summed E-state index contributed by atoms with van der Waals surface area (Å²) >= 11 is 0. The van der Waals surface area contributed by atoms with Gasteiger partial charge in [-0.15, -0.1) is 0 Å². The Kier molecular flexibility index (Phi) is 5.57. The molecule has 1 aliphatic heterocycles. The first-order chi connectivity index (χ1) is 14.6. The van der Waals surface area contributed by atoms with Gasteiger partial charge >= 0.3 is 0 Å². The first-order valence-electron chi connectivity index (χ1n) is 9.49. The second-order valence-corrected chi connectivity index (χ2v) is 6.69. The van der Waals surface area contributed by atoms with E-state index < -0.39 is 0 Å². The van der Waals surface area contributed by atoms with Gasteiger partial charge in [-0.3, -0.25) is 9.78 Å². The van der Waals surface area contributed by atoms with E-state index in [1.165, 1.54) is 18.3 Å². The number of nitrogens with one attached hydrogen (secondary N) is 1. The zero-order chi connectivity index (χ0) is 20.9. The number of rotatable bonds is 5. The molecule has 3 aromatic rings. The van der Waals surface area contributed by atoms with Crippen LogP contribution in [0.2, 0.25) is 0 Å². The van der Waals surface area contributed by atoms with Gasteiger partial charge in [-0.1, -0.05) is 18.2 Å². The number of carbonyl (C=O) groups excluding carboxylic acids is 1. The van der Waals surface area contributed by atoms with Crippen LogP contribution in [0.15, 0.2) is 85.2 Å². The molecular formula is C24H20FN3O2. The molecule has 5 nitrogen and oxygen atoms in total. The molecule has 4 rings (SSSR count). The molecule has 0 bridgehead atoms. The summed E-state index contributed by atoms with van der Waals surface area (Å²) in [6, 6.07) is 17.5. The molecule has 0 radical (unpaired) electrons. The van der Waals surface area contributed by atoms with Crippen LogP contribution in [0.25, 0.3) is 5.57 Å². The van der Waals surface area contributed by atoms with Gasteiger partial charge in [0, 0.05) is 37.7 Å². The van der Waals surface area contributed by atoms with Gasteiger partial charge in [-0.25, -0.2) is 4.39 Å². The predicted molar refractivity (Wildman–Crippen MR) is 115 cm³/mol. The Morgan fingerprint density at radius 3 is 2.63 bits per heavy atom. The van der Waals surface area contributed by atoms with E-state index in [9.17, 15) is 9.18 Å². The van der Waals surface area contributed by atoms with E-state index in [1.807, 2.05) is 42.6 Å². The van der Waals surface area contributed by atoms with E-state index in [0.717, 1.165) is 16.8 Å². The molecule has 150 valence electrons. The number of allylic oxidation sites excluding steroid dienone is 2. The van der Waals surface area contributed by atoms with Crippen molar-refractivity contribution in [3.8, 4) is 11.5 Å². The van der Waals surface area contributed by atoms with Gasteiger partial charge in [0.2, 0.25) is 0 Å². The molecule has 1 aromatic heterocycles. The largest absolute Gasteiger partial charge is 0.457 e. The summed E-state index contributed by atoms with van der Waals surface area (Å²) in [6.07, 6.45) is 7.56. The van der Waals surface area contributed by atoms with Crippen LogP contribution in [0, 0.1) is 5.82 Å². The van der Waals surface area contributed by atoms with Crippen LogP contribution in [0.1, 0.15) is 16.1 Å². The minimum atomic E-state index is -0.265. The summed E-state index contributed by atoms with van der Waals surface area (Å²) in [7, 11) is 1.56. The monoisotopic (exact) mass is 401 g/mol. The summed E-state index contributed by atoms with van der Waals surface area (Å²) in [6.45, 7) is 0.683. The van der Waals surface area contributed by atoms with E-state index in [-0.39, 0.29) is 11.7 Å². The van der Waals surface area contributed by atoms with E-state index >= 15 is 0 Å². The number of pyridine rings is 1. The van der Waals surface area contributed by atoms with Crippen molar-refractivity contribution in [3.05, 3.63) is 102 Å². The van der Waals surface area contributed by atoms with Crippen LogP contribution in [0.3, 0.4) is 0 Å². The average Bonchev–Trinajstić information content (AvgIpc) is 2.79. The Hall–Kier alpha value is -3.93. The van der Waals surface area contributed by atoms with Crippen molar-refractivity contribution in [1.29, 1.82) is 0 Å². The van der Waals surface area contributed by atoms with Crippen molar-refractivity contribution in [2.24, 2.45) is 0 Å². The zero-order valence-electron chi connectivity index (χ0n) is 16.4. The highest BCUT2D eigenvalue weighted by atomic mass is 19.1. The number of benzene rings is 2. The van der Waals surface area contributed by atoms with Crippen LogP contribution >= 0.6 is 0 Å². The van der Waals surface area contributed by atoms with E-state index in [2.05, 4.69) is 21.3 Å². The SMILES string of the molecule is CNC(=O)c1cc(Oc2ccc(N3C=CC(c4cccc(F)c4)=CC3)cc2)ccn1. The maximum Gasteiger partial charge on any atom is 0.269 e. The zero-order valence-corrected chi connectivity index (χ0v) is 16.4. The number of halogens is 1. The Morgan fingerprint density at radius 1 is 1.10 bits per heavy atom. The molecule has 0 fully saturated rings. The van der Waals surface area contributed by atoms with Gasteiger partial charge in [0.1, 0.15) is 23.0 Å². The molecule has 0 aliphatic carbocycles. The number of carbonyl (C=O) groups is 1. The third-order valence-corrected chi connectivity index (χ3v) is 4.70. The minimum Gasteiger partial charge on any atom is -0.457 e. The van der Waals surface area contributed by atoms with Crippen molar-refractivity contribution >= 4 is 17.2 Å². The summed E-state index contributed by atoms with van der Waals surface area (Å²) in [4.78, 5) is 17.8. The number of nitrogens with zero attached hydrogens (tertiary/aromatic N) is 2. The normalized spacial score (nSPS) is 13.0. The molecule has 0 saturated heterocycles. The molecule has 2 heterocycles. The van der Waals surface area contributed by atoms with Crippen LogP contribution in [0.4, 0.5) is 10.1 Å². The predicted octanol–water partition coefficient (Wildman–Crippen LogP) is 4.79. The highest BCUT2D eigenvalue weighted by Gasteiger charge is 2.10. The molecule has 6 heteroatoms. The van der Waals surface area contributed by atoms with Crippen molar-refractivity contribution in [3.63, 3.8) is 0 Å². The third kappa shape index (κ3) is 4.38. The third-order valence-electron chi connectivity index (χ3n) is 4.70. The fraction of sp³-hybridized carbons (Fsp3) is 0.0833. The van der Waals surface area contributed by atoms with Gasteiger partial charge in [-0.05, 0) is 59.7 Å². The molecule has 30 heavy (non-hydrogen) atoms. The lowest BCUT2D eigenvalue weighted by Crippen LogP contribution is -2.19. The van der Waals surface area contributed by atoms with E-state index in [0.29, 0.717) is 23.7 Å². The fourth-order valence-corrected chi connectivity index (χ4v) is 3.14. The molecule has 0 atom stereocenters. The van der Waals surface area contributed by atoms with Gasteiger partial charge in [-0.2, -0.15) is 0 Å². The van der Waals surface area contributed by atoms with Crippen molar-refractivity contribution in [2.75, 3.05) is 18.5 Å². The topological polar surface area (TPSA) is 54.5 Å². The van der Waals surface area contributed by atoms with Crippen molar-refractivity contribution in [2.45, 2.75) is 0 Å². The van der Waals surface area contributed by atoms with E-state index in [1.54, 1.807) is 25.2 Å². The van der Waals surface area contributed by atoms with Crippen LogP contribution < -0.4 is 15.0 Å². The van der Waals surface area contributed by atoms with Crippen LogP contribution in [-0.4, -0.2) is 24.5 Å². The Labute approximate surface area is 174 Å². The molecule has 1 N–H and O–H groups in total. The number of ether oxygens (including phenoxy) is 1. The molecular weight excluding hydrogens is 381 g/mol. The molecule has 2 aromatic carbocycles. The highest BCUT2D eigenvalue weighted by Crippen LogP contribution is 2.27. The Bertz CT molecular complexity index is 1120. The Balaban J connectivity index is 1.42. The second-order valence-electron chi connectivity index (χ2n) is 6.69. The number of anilines is 1. The number of hydrogen-bond acceptors (Lipinski definition) is 4. The lowest BCUT2D eigenvalue weighted by molar-refractivity contribution is 0.0958. The van der Waals surface area contributed by atoms with Crippen molar-refractivity contribution < 1.29 is 13.9 Å². The lowest BCUT2D eigenvalue weighted by atomic mass is 10.0. The highest BCUT2D eigenvalue weighted by molar-refractivity contribution is 5.92. The number of amides is 1. The molecule has 0 unspecified atom stereocenters. The summed E-state index contributed by atoms with van der Waals surface area (Å²) in [5.74, 6) is 0.691. The summed E-state index contributed by atoms with van der Waals surface area (Å²) in [5, 5.41) is 2.54. The maximum atomic E-state index is 13.4. The standard InChI is InChI=1S/C24H20FN3O2/c1-26-24(29)23-16-22(9-12-27-23)30-21-7-5-20(6-8-21)28-13-10-17(11-14-28)18-3-2-4-19(25)15-18/h2-13,15-16H,14H2,1H3,(H,26,29). The number of aromatic nitrogens is 1. The average molecular weight is 401 g/mol. The van der Waals surface area contributed by atoms with Gasteiger partial charge < -0.3 is 15.0 Å². The first-order valence-corrected chi connectivity index (χ1v) is 9.49. The molecule has 0 spiro atoms. The fourth-order valence-electron chi connectivity index (χ4n) is 3.14. The second kappa shape index (κ2) is 8.61. The van der Waals surface area contributed by atoms with Crippen LogP contribution in [-0.2, 0) is 0 Å². The first kappa shape index (κ1) is 19.4. The molecule has 1 amide bonds. The maximum absolute atomic E-state index is 13.4. The smallest absolute Gasteiger partial charge is 0.269 e. The van der Waals surface area contributed by atoms with E-state index in [4.69, 9.17) is 4.74 Å². The molecule has 0 saturated carbocycles. The van der Waals surface area contributed by atoms with Gasteiger partial charge in [0.05, 0.1) is 0 Å². The lowest BCUT2D eigenvalue weighted by Gasteiger charge is -2.23. The van der Waals surface area contributed by atoms with Crippen molar-refractivity contribution in [1.82, 2.24) is 10.3 Å². The number of hydrogen-bond donors (Lipinski definition) is 1. The minimum absolute atomic E-state index is 0.239. The van der Waals surface area contributed by atoms with Gasteiger partial charge in [0.15, 0.2) is 0 Å². The molecule has 1 aliphatic rings.